The van der Waals surface area contributed by atoms with Crippen molar-refractivity contribution in [3.8, 4) is 5.75 Å². The Kier molecular flexibility index (Phi) is 3.85. The van der Waals surface area contributed by atoms with Gasteiger partial charge in [-0.1, -0.05) is 6.92 Å². The van der Waals surface area contributed by atoms with E-state index in [4.69, 9.17) is 9.47 Å². The second-order valence-corrected chi connectivity index (χ2v) is 6.02. The van der Waals surface area contributed by atoms with Crippen molar-refractivity contribution < 1.29 is 18.7 Å². The Morgan fingerprint density at radius 3 is 3.05 bits per heavy atom. The lowest BCUT2D eigenvalue weighted by atomic mass is 9.99. The maximum Gasteiger partial charge on any atom is 0.310 e. The molecule has 0 aromatic heterocycles. The van der Waals surface area contributed by atoms with Crippen molar-refractivity contribution in [3.63, 3.8) is 0 Å². The fraction of sp³-hybridized carbons (Fsp3) is 0.562. The standard InChI is InChI=1S/C16H20FNO3/c1-10-7-18(9-14(10)16(19)20-2)8-13-6-11-5-12(17)3-4-15(11)21-13/h3-5,10,13-14H,6-9H2,1-2H3. The predicted molar refractivity (Wildman–Crippen MR) is 75.6 cm³/mol. The molecule has 0 amide bonds. The van der Waals surface area contributed by atoms with Crippen molar-refractivity contribution in [2.75, 3.05) is 26.7 Å². The number of fused-ring (bicyclic) bond motifs is 1. The molecule has 5 heteroatoms. The van der Waals surface area contributed by atoms with E-state index in [1.165, 1.54) is 13.2 Å². The number of esters is 1. The average Bonchev–Trinajstić information content (AvgIpc) is 3.00. The van der Waals surface area contributed by atoms with Gasteiger partial charge in [-0.15, -0.1) is 0 Å². The maximum atomic E-state index is 13.2. The molecule has 1 fully saturated rings. The molecule has 3 atom stereocenters. The van der Waals surface area contributed by atoms with E-state index in [9.17, 15) is 9.18 Å². The van der Waals surface area contributed by atoms with Crippen LogP contribution in [0, 0.1) is 17.7 Å². The predicted octanol–water partition coefficient (Wildman–Crippen LogP) is 1.87. The van der Waals surface area contributed by atoms with Crippen LogP contribution >= 0.6 is 0 Å². The largest absolute Gasteiger partial charge is 0.488 e. The molecule has 0 bridgehead atoms. The highest BCUT2D eigenvalue weighted by atomic mass is 19.1. The molecule has 0 spiro atoms. The molecule has 3 unspecified atom stereocenters. The first kappa shape index (κ1) is 14.3. The number of carbonyl (C=O) groups is 1. The van der Waals surface area contributed by atoms with E-state index < -0.39 is 0 Å². The Morgan fingerprint density at radius 2 is 2.29 bits per heavy atom. The van der Waals surface area contributed by atoms with Crippen LogP contribution in [0.2, 0.25) is 0 Å². The van der Waals surface area contributed by atoms with Crippen molar-refractivity contribution in [1.82, 2.24) is 4.90 Å². The molecular formula is C16H20FNO3. The number of hydrogen-bond acceptors (Lipinski definition) is 4. The number of rotatable bonds is 3. The van der Waals surface area contributed by atoms with E-state index in [1.54, 1.807) is 12.1 Å². The minimum absolute atomic E-state index is 0.0328. The van der Waals surface area contributed by atoms with E-state index in [0.717, 1.165) is 30.8 Å². The van der Waals surface area contributed by atoms with Crippen molar-refractivity contribution in [2.45, 2.75) is 19.4 Å². The number of hydrogen-bond donors (Lipinski definition) is 0. The molecule has 0 N–H and O–H groups in total. The molecule has 2 aliphatic rings. The topological polar surface area (TPSA) is 38.8 Å². The summed E-state index contributed by atoms with van der Waals surface area (Å²) in [6.45, 7) is 4.40. The zero-order chi connectivity index (χ0) is 15.0. The van der Waals surface area contributed by atoms with Gasteiger partial charge < -0.3 is 9.47 Å². The SMILES string of the molecule is COC(=O)C1CN(CC2Cc3cc(F)ccc3O2)CC1C. The number of nitrogens with zero attached hydrogens (tertiary/aromatic N) is 1. The van der Waals surface area contributed by atoms with Gasteiger partial charge in [-0.3, -0.25) is 9.69 Å². The molecule has 2 heterocycles. The van der Waals surface area contributed by atoms with Crippen LogP contribution in [0.25, 0.3) is 0 Å². The summed E-state index contributed by atoms with van der Waals surface area (Å²) < 4.78 is 23.9. The van der Waals surface area contributed by atoms with Crippen LogP contribution in [0.5, 0.6) is 5.75 Å². The Labute approximate surface area is 123 Å². The minimum atomic E-state index is -0.224. The quantitative estimate of drug-likeness (QED) is 0.798. The lowest BCUT2D eigenvalue weighted by molar-refractivity contribution is -0.146. The van der Waals surface area contributed by atoms with Gasteiger partial charge in [0.2, 0.25) is 0 Å². The third-order valence-electron chi connectivity index (χ3n) is 4.42. The van der Waals surface area contributed by atoms with E-state index in [-0.39, 0.29) is 23.8 Å². The summed E-state index contributed by atoms with van der Waals surface area (Å²) in [6, 6.07) is 4.65. The molecule has 4 nitrogen and oxygen atoms in total. The Morgan fingerprint density at radius 1 is 1.48 bits per heavy atom. The minimum Gasteiger partial charge on any atom is -0.488 e. The molecule has 0 saturated carbocycles. The van der Waals surface area contributed by atoms with Crippen LogP contribution in [0.3, 0.4) is 0 Å². The molecule has 1 aromatic rings. The number of halogens is 1. The lowest BCUT2D eigenvalue weighted by Gasteiger charge is -2.20. The maximum absolute atomic E-state index is 13.2. The molecule has 1 saturated heterocycles. The van der Waals surface area contributed by atoms with Gasteiger partial charge in [0.15, 0.2) is 0 Å². The molecular weight excluding hydrogens is 273 g/mol. The molecule has 21 heavy (non-hydrogen) atoms. The van der Waals surface area contributed by atoms with Gasteiger partial charge in [0, 0.05) is 31.6 Å². The Bertz CT molecular complexity index is 548. The zero-order valence-electron chi connectivity index (χ0n) is 12.3. The van der Waals surface area contributed by atoms with E-state index in [0.29, 0.717) is 12.5 Å². The third kappa shape index (κ3) is 2.88. The zero-order valence-corrected chi connectivity index (χ0v) is 12.3. The molecule has 1 aromatic carbocycles. The summed E-state index contributed by atoms with van der Waals surface area (Å²) in [4.78, 5) is 13.9. The van der Waals surface area contributed by atoms with Gasteiger partial charge in [0.1, 0.15) is 17.7 Å². The summed E-state index contributed by atoms with van der Waals surface area (Å²) in [5.41, 5.74) is 0.928. The summed E-state index contributed by atoms with van der Waals surface area (Å²) in [7, 11) is 1.43. The highest BCUT2D eigenvalue weighted by Gasteiger charge is 2.37. The Hall–Kier alpha value is -1.62. The van der Waals surface area contributed by atoms with Crippen LogP contribution in [0.1, 0.15) is 12.5 Å². The van der Waals surface area contributed by atoms with Crippen LogP contribution in [0.15, 0.2) is 18.2 Å². The van der Waals surface area contributed by atoms with Crippen LogP contribution in [-0.2, 0) is 16.0 Å². The molecule has 0 aliphatic carbocycles. The first-order valence-corrected chi connectivity index (χ1v) is 7.32. The van der Waals surface area contributed by atoms with Crippen molar-refractivity contribution in [3.05, 3.63) is 29.6 Å². The number of benzene rings is 1. The first-order valence-electron chi connectivity index (χ1n) is 7.32. The van der Waals surface area contributed by atoms with Crippen LogP contribution in [-0.4, -0.2) is 43.7 Å². The molecule has 3 rings (SSSR count). The number of carbonyl (C=O) groups excluding carboxylic acids is 1. The fourth-order valence-electron chi connectivity index (χ4n) is 3.35. The van der Waals surface area contributed by atoms with Crippen LogP contribution < -0.4 is 4.74 Å². The number of methoxy groups -OCH3 is 1. The second-order valence-electron chi connectivity index (χ2n) is 6.02. The second kappa shape index (κ2) is 5.64. The van der Waals surface area contributed by atoms with Crippen molar-refractivity contribution in [2.24, 2.45) is 11.8 Å². The van der Waals surface area contributed by atoms with Crippen molar-refractivity contribution in [1.29, 1.82) is 0 Å². The Balaban J connectivity index is 1.59. The number of ether oxygens (including phenoxy) is 2. The van der Waals surface area contributed by atoms with Gasteiger partial charge in [-0.2, -0.15) is 0 Å². The fourth-order valence-corrected chi connectivity index (χ4v) is 3.35. The van der Waals surface area contributed by atoms with Gasteiger partial charge in [-0.25, -0.2) is 4.39 Å². The van der Waals surface area contributed by atoms with Gasteiger partial charge in [0.25, 0.3) is 0 Å². The normalized spacial score (nSPS) is 28.2. The molecule has 2 aliphatic heterocycles. The monoisotopic (exact) mass is 293 g/mol. The van der Waals surface area contributed by atoms with E-state index in [2.05, 4.69) is 11.8 Å². The average molecular weight is 293 g/mol. The van der Waals surface area contributed by atoms with Gasteiger partial charge in [0.05, 0.1) is 13.0 Å². The lowest BCUT2D eigenvalue weighted by Crippen LogP contribution is -2.34. The summed E-state index contributed by atoms with van der Waals surface area (Å²) in [5, 5.41) is 0. The third-order valence-corrected chi connectivity index (χ3v) is 4.42. The number of likely N-dealkylation sites (tertiary alicyclic amines) is 1. The smallest absolute Gasteiger partial charge is 0.310 e. The van der Waals surface area contributed by atoms with Crippen LogP contribution in [0.4, 0.5) is 4.39 Å². The molecule has 114 valence electrons. The van der Waals surface area contributed by atoms with Crippen molar-refractivity contribution >= 4 is 5.97 Å². The molecule has 0 radical (unpaired) electrons. The van der Waals surface area contributed by atoms with Gasteiger partial charge in [-0.05, 0) is 24.1 Å². The van der Waals surface area contributed by atoms with Gasteiger partial charge >= 0.3 is 5.97 Å². The highest BCUT2D eigenvalue weighted by molar-refractivity contribution is 5.73. The summed E-state index contributed by atoms with van der Waals surface area (Å²) >= 11 is 0. The highest BCUT2D eigenvalue weighted by Crippen LogP contribution is 2.31. The van der Waals surface area contributed by atoms with E-state index >= 15 is 0 Å². The summed E-state index contributed by atoms with van der Waals surface area (Å²) in [6.07, 6.45) is 0.756. The first-order chi connectivity index (χ1) is 10.1. The summed E-state index contributed by atoms with van der Waals surface area (Å²) in [5.74, 6) is 0.648. The van der Waals surface area contributed by atoms with E-state index in [1.807, 2.05) is 0 Å².